The quantitative estimate of drug-likeness (QED) is 0.289. The predicted molar refractivity (Wildman–Crippen MR) is 114 cm³/mol. The molecule has 0 unspecified atom stereocenters. The molecular weight excluding hydrogens is 456 g/mol. The minimum absolute atomic E-state index is 0.215. The summed E-state index contributed by atoms with van der Waals surface area (Å²) in [5.74, 6) is -0.724. The first-order valence-corrected chi connectivity index (χ1v) is 9.97. The zero-order chi connectivity index (χ0) is 21.9. The summed E-state index contributed by atoms with van der Waals surface area (Å²) in [6, 6.07) is 8.58. The van der Waals surface area contributed by atoms with Crippen molar-refractivity contribution in [1.29, 1.82) is 0 Å². The largest absolute Gasteiger partial charge is 0.483 e. The Bertz CT molecular complexity index is 897. The molecule has 0 aliphatic rings. The molecule has 9 nitrogen and oxygen atoms in total. The Morgan fingerprint density at radius 2 is 2.00 bits per heavy atom. The van der Waals surface area contributed by atoms with Gasteiger partial charge in [0.2, 0.25) is 0 Å². The maximum atomic E-state index is 12.0. The van der Waals surface area contributed by atoms with E-state index in [4.69, 9.17) is 9.15 Å². The number of halogens is 1. The van der Waals surface area contributed by atoms with Crippen LogP contribution in [0.2, 0.25) is 0 Å². The van der Waals surface area contributed by atoms with Crippen molar-refractivity contribution in [2.24, 2.45) is 11.0 Å². The number of amides is 3. The van der Waals surface area contributed by atoms with E-state index >= 15 is 0 Å². The summed E-state index contributed by atoms with van der Waals surface area (Å²) >= 11 is 3.34. The summed E-state index contributed by atoms with van der Waals surface area (Å²) in [4.78, 5) is 35.4. The Morgan fingerprint density at radius 1 is 1.20 bits per heavy atom. The molecule has 2 aromatic rings. The molecule has 0 radical (unpaired) electrons. The van der Waals surface area contributed by atoms with Gasteiger partial charge in [-0.1, -0.05) is 29.8 Å². The van der Waals surface area contributed by atoms with Crippen LogP contribution in [0.15, 0.2) is 50.6 Å². The Balaban J connectivity index is 1.89. The van der Waals surface area contributed by atoms with Crippen LogP contribution in [0.25, 0.3) is 0 Å². The highest BCUT2D eigenvalue weighted by Gasteiger charge is 2.12. The molecule has 0 saturated carbocycles. The topological polar surface area (TPSA) is 122 Å². The molecule has 0 spiro atoms. The maximum Gasteiger partial charge on any atom is 0.329 e. The Kier molecular flexibility index (Phi) is 9.07. The average molecular weight is 479 g/mol. The minimum atomic E-state index is -0.873. The first kappa shape index (κ1) is 23.1. The summed E-state index contributed by atoms with van der Waals surface area (Å²) in [7, 11) is 0. The molecule has 3 amide bonds. The number of nitrogens with one attached hydrogen (secondary N) is 3. The van der Waals surface area contributed by atoms with Gasteiger partial charge in [0.15, 0.2) is 6.61 Å². The lowest BCUT2D eigenvalue weighted by molar-refractivity contribution is -0.139. The molecule has 0 fully saturated rings. The third-order valence-corrected chi connectivity index (χ3v) is 4.11. The van der Waals surface area contributed by atoms with Crippen LogP contribution in [-0.2, 0) is 20.9 Å². The summed E-state index contributed by atoms with van der Waals surface area (Å²) < 4.78 is 11.4. The van der Waals surface area contributed by atoms with Crippen LogP contribution in [0, 0.1) is 5.92 Å². The monoisotopic (exact) mass is 478 g/mol. The predicted octanol–water partition coefficient (Wildman–Crippen LogP) is 1.96. The molecular formula is C20H23BrN4O5. The molecule has 30 heavy (non-hydrogen) atoms. The molecule has 0 aliphatic heterocycles. The van der Waals surface area contributed by atoms with E-state index in [1.165, 1.54) is 12.5 Å². The second kappa shape index (κ2) is 11.8. The van der Waals surface area contributed by atoms with Gasteiger partial charge in [-0.15, -0.1) is 0 Å². The average Bonchev–Trinajstić information content (AvgIpc) is 3.23. The molecule has 0 atom stereocenters. The molecule has 0 aliphatic carbocycles. The Labute approximate surface area is 182 Å². The van der Waals surface area contributed by atoms with Crippen molar-refractivity contribution >= 4 is 39.9 Å². The zero-order valence-electron chi connectivity index (χ0n) is 16.6. The molecule has 3 N–H and O–H groups in total. The first-order valence-electron chi connectivity index (χ1n) is 9.17. The third-order valence-electron chi connectivity index (χ3n) is 3.62. The smallest absolute Gasteiger partial charge is 0.329 e. The van der Waals surface area contributed by atoms with Crippen molar-refractivity contribution in [2.45, 2.75) is 20.4 Å². The molecule has 1 aromatic carbocycles. The van der Waals surface area contributed by atoms with E-state index < -0.39 is 11.8 Å². The molecule has 1 aromatic heterocycles. The van der Waals surface area contributed by atoms with Gasteiger partial charge in [-0.05, 0) is 36.2 Å². The number of hydrazone groups is 1. The summed E-state index contributed by atoms with van der Waals surface area (Å²) in [6.45, 7) is 4.27. The highest BCUT2D eigenvalue weighted by molar-refractivity contribution is 9.10. The van der Waals surface area contributed by atoms with Gasteiger partial charge in [-0.25, -0.2) is 5.43 Å². The zero-order valence-corrected chi connectivity index (χ0v) is 18.2. The van der Waals surface area contributed by atoms with E-state index in [0.29, 0.717) is 23.6 Å². The van der Waals surface area contributed by atoms with Gasteiger partial charge in [0.05, 0.1) is 19.0 Å². The number of carbonyl (C=O) groups is 3. The van der Waals surface area contributed by atoms with Crippen LogP contribution >= 0.6 is 15.9 Å². The van der Waals surface area contributed by atoms with Crippen molar-refractivity contribution in [3.8, 4) is 5.75 Å². The van der Waals surface area contributed by atoms with Crippen molar-refractivity contribution < 1.29 is 23.5 Å². The van der Waals surface area contributed by atoms with E-state index in [2.05, 4.69) is 37.1 Å². The summed E-state index contributed by atoms with van der Waals surface area (Å²) in [5, 5.41) is 8.96. The third kappa shape index (κ3) is 8.08. The van der Waals surface area contributed by atoms with Crippen LogP contribution in [0.1, 0.15) is 25.2 Å². The Morgan fingerprint density at radius 3 is 2.70 bits per heavy atom. The van der Waals surface area contributed by atoms with Crippen LogP contribution in [0.4, 0.5) is 0 Å². The molecule has 0 bridgehead atoms. The van der Waals surface area contributed by atoms with Gasteiger partial charge in [-0.2, -0.15) is 5.10 Å². The van der Waals surface area contributed by atoms with E-state index in [-0.39, 0.29) is 25.0 Å². The lowest BCUT2D eigenvalue weighted by atomic mass is 10.2. The number of ether oxygens (including phenoxy) is 1. The van der Waals surface area contributed by atoms with Crippen LogP contribution in [0.5, 0.6) is 5.75 Å². The van der Waals surface area contributed by atoms with Crippen molar-refractivity contribution in [1.82, 2.24) is 16.1 Å². The summed E-state index contributed by atoms with van der Waals surface area (Å²) in [6.07, 6.45) is 2.85. The second-order valence-corrected chi connectivity index (χ2v) is 7.55. The number of furan rings is 1. The van der Waals surface area contributed by atoms with Crippen LogP contribution < -0.4 is 20.8 Å². The number of nitrogens with zero attached hydrogens (tertiary/aromatic N) is 1. The number of benzene rings is 1. The fourth-order valence-corrected chi connectivity index (χ4v) is 2.51. The molecule has 0 saturated heterocycles. The van der Waals surface area contributed by atoms with E-state index in [0.717, 1.165) is 4.47 Å². The van der Waals surface area contributed by atoms with E-state index in [1.807, 2.05) is 13.8 Å². The number of hydrogen-bond donors (Lipinski definition) is 3. The van der Waals surface area contributed by atoms with Crippen LogP contribution in [0.3, 0.4) is 0 Å². The molecule has 1 heterocycles. The van der Waals surface area contributed by atoms with Gasteiger partial charge in [-0.3, -0.25) is 14.4 Å². The number of rotatable bonds is 9. The van der Waals surface area contributed by atoms with Gasteiger partial charge in [0.25, 0.3) is 5.91 Å². The van der Waals surface area contributed by atoms with Crippen LogP contribution in [-0.4, -0.2) is 37.1 Å². The SMILES string of the molecule is CC(C)CNC(=O)C(=O)N/N=C\c1cc(Br)ccc1OCC(=O)NCc1ccco1. The molecule has 2 rings (SSSR count). The van der Waals surface area contributed by atoms with Gasteiger partial charge in [0.1, 0.15) is 11.5 Å². The fraction of sp³-hybridized carbons (Fsp3) is 0.300. The van der Waals surface area contributed by atoms with Gasteiger partial charge in [0, 0.05) is 16.6 Å². The van der Waals surface area contributed by atoms with E-state index in [1.54, 1.807) is 30.3 Å². The number of carbonyl (C=O) groups excluding carboxylic acids is 3. The standard InChI is InChI=1S/C20H23BrN4O5/c1-13(2)9-23-19(27)20(28)25-24-10-14-8-15(21)5-6-17(14)30-12-18(26)22-11-16-4-3-7-29-16/h3-8,10,13H,9,11-12H2,1-2H3,(H,22,26)(H,23,27)(H,25,28)/b24-10-. The molecule has 10 heteroatoms. The van der Waals surface area contributed by atoms with Gasteiger partial charge >= 0.3 is 11.8 Å². The second-order valence-electron chi connectivity index (χ2n) is 6.63. The van der Waals surface area contributed by atoms with Crippen molar-refractivity contribution in [2.75, 3.05) is 13.2 Å². The lowest BCUT2D eigenvalue weighted by Gasteiger charge is -2.10. The number of hydrogen-bond acceptors (Lipinski definition) is 6. The summed E-state index contributed by atoms with van der Waals surface area (Å²) in [5.41, 5.74) is 2.67. The lowest BCUT2D eigenvalue weighted by Crippen LogP contribution is -2.39. The van der Waals surface area contributed by atoms with Crippen molar-refractivity contribution in [3.05, 3.63) is 52.4 Å². The van der Waals surface area contributed by atoms with Gasteiger partial charge < -0.3 is 19.8 Å². The fourth-order valence-electron chi connectivity index (χ4n) is 2.13. The highest BCUT2D eigenvalue weighted by Crippen LogP contribution is 2.21. The normalized spacial score (nSPS) is 10.8. The minimum Gasteiger partial charge on any atom is -0.483 e. The Hall–Kier alpha value is -3.14. The first-order chi connectivity index (χ1) is 14.3. The highest BCUT2D eigenvalue weighted by atomic mass is 79.9. The molecule has 160 valence electrons. The maximum absolute atomic E-state index is 12.0. The van der Waals surface area contributed by atoms with E-state index in [9.17, 15) is 14.4 Å². The van der Waals surface area contributed by atoms with Crippen molar-refractivity contribution in [3.63, 3.8) is 0 Å².